The Hall–Kier alpha value is -1.71. The number of halogens is 2. The van der Waals surface area contributed by atoms with Gasteiger partial charge in [0.15, 0.2) is 0 Å². The van der Waals surface area contributed by atoms with E-state index in [1.807, 2.05) is 0 Å². The van der Waals surface area contributed by atoms with Crippen molar-refractivity contribution in [3.05, 3.63) is 41.5 Å². The first-order valence-electron chi connectivity index (χ1n) is 3.90. The Morgan fingerprint density at radius 1 is 1.21 bits per heavy atom. The Morgan fingerprint density at radius 2 is 1.86 bits per heavy atom. The molecule has 1 rings (SSSR count). The van der Waals surface area contributed by atoms with Crippen LogP contribution in [-0.4, -0.2) is 13.1 Å². The van der Waals surface area contributed by atoms with Crippen molar-refractivity contribution in [3.8, 4) is 0 Å². The molecule has 4 heteroatoms. The highest BCUT2D eigenvalue weighted by atomic mass is 19.1. The number of carbonyl (C=O) groups excluding carboxylic acids is 1. The highest BCUT2D eigenvalue weighted by Gasteiger charge is 1.96. The monoisotopic (exact) mass is 198 g/mol. The number of carbonyl (C=O) groups is 1. The van der Waals surface area contributed by atoms with Gasteiger partial charge in [-0.1, -0.05) is 6.08 Å². The van der Waals surface area contributed by atoms with Crippen LogP contribution < -0.4 is 0 Å². The van der Waals surface area contributed by atoms with Gasteiger partial charge in [0.2, 0.25) is 0 Å². The third kappa shape index (κ3) is 3.35. The first kappa shape index (κ1) is 10.4. The lowest BCUT2D eigenvalue weighted by Crippen LogP contribution is -1.86. The lowest BCUT2D eigenvalue weighted by atomic mass is 10.2. The molecule has 1 aromatic carbocycles. The summed E-state index contributed by atoms with van der Waals surface area (Å²) in [6, 6.07) is 3.15. The summed E-state index contributed by atoms with van der Waals surface area (Å²) < 4.78 is 29.6. The molecule has 0 heterocycles. The van der Waals surface area contributed by atoms with E-state index in [0.29, 0.717) is 12.0 Å². The molecule has 0 aliphatic rings. The number of rotatable bonds is 4. The lowest BCUT2D eigenvalue weighted by molar-refractivity contribution is -0.127. The van der Waals surface area contributed by atoms with Crippen molar-refractivity contribution in [1.29, 1.82) is 0 Å². The van der Waals surface area contributed by atoms with E-state index in [-0.39, 0.29) is 6.61 Å². The van der Waals surface area contributed by atoms with Crippen LogP contribution in [0.1, 0.15) is 5.56 Å². The average Bonchev–Trinajstić information content (AvgIpc) is 2.11. The van der Waals surface area contributed by atoms with Crippen molar-refractivity contribution in [3.63, 3.8) is 0 Å². The van der Waals surface area contributed by atoms with Crippen LogP contribution in [0.5, 0.6) is 0 Å². The van der Waals surface area contributed by atoms with Crippen LogP contribution in [0.2, 0.25) is 0 Å². The molecule has 0 saturated heterocycles. The van der Waals surface area contributed by atoms with E-state index in [1.54, 1.807) is 0 Å². The fourth-order valence-electron chi connectivity index (χ4n) is 0.950. The van der Waals surface area contributed by atoms with Crippen molar-refractivity contribution in [1.82, 2.24) is 0 Å². The van der Waals surface area contributed by atoms with E-state index in [2.05, 4.69) is 4.74 Å². The second-order valence-electron chi connectivity index (χ2n) is 2.53. The molecular weight excluding hydrogens is 190 g/mol. The quantitative estimate of drug-likeness (QED) is 0.547. The minimum absolute atomic E-state index is 0.0850. The first-order chi connectivity index (χ1) is 6.72. The van der Waals surface area contributed by atoms with E-state index in [0.717, 1.165) is 6.07 Å². The smallest absolute Gasteiger partial charge is 0.293 e. The second kappa shape index (κ2) is 5.11. The van der Waals surface area contributed by atoms with Crippen molar-refractivity contribution >= 4 is 12.5 Å². The van der Waals surface area contributed by atoms with Gasteiger partial charge in [-0.15, -0.1) is 0 Å². The van der Waals surface area contributed by atoms with Gasteiger partial charge in [-0.3, -0.25) is 4.79 Å². The molecule has 0 unspecified atom stereocenters. The fraction of sp³-hybridized carbons (Fsp3) is 0.100. The molecule has 0 amide bonds. The molecule has 0 spiro atoms. The van der Waals surface area contributed by atoms with Crippen LogP contribution in [-0.2, 0) is 9.53 Å². The zero-order chi connectivity index (χ0) is 10.4. The predicted molar refractivity (Wildman–Crippen MR) is 47.4 cm³/mol. The summed E-state index contributed by atoms with van der Waals surface area (Å²) in [7, 11) is 0. The Balaban J connectivity index is 2.66. The second-order valence-corrected chi connectivity index (χ2v) is 2.53. The molecule has 2 nitrogen and oxygen atoms in total. The third-order valence-electron chi connectivity index (χ3n) is 1.46. The van der Waals surface area contributed by atoms with E-state index >= 15 is 0 Å². The van der Waals surface area contributed by atoms with Gasteiger partial charge in [0.25, 0.3) is 6.47 Å². The molecule has 0 N–H and O–H groups in total. The first-order valence-corrected chi connectivity index (χ1v) is 3.90. The maximum atomic E-state index is 12.6. The molecule has 74 valence electrons. The summed E-state index contributed by atoms with van der Waals surface area (Å²) in [6.45, 7) is 0.387. The van der Waals surface area contributed by atoms with Crippen LogP contribution in [0.15, 0.2) is 24.3 Å². The summed E-state index contributed by atoms with van der Waals surface area (Å²) in [6.07, 6.45) is 2.96. The molecule has 0 aliphatic heterocycles. The Kier molecular flexibility index (Phi) is 3.79. The van der Waals surface area contributed by atoms with Gasteiger partial charge in [-0.2, -0.15) is 0 Å². The van der Waals surface area contributed by atoms with Crippen LogP contribution in [0.4, 0.5) is 8.78 Å². The predicted octanol–water partition coefficient (Wildman–Crippen LogP) is 2.15. The van der Waals surface area contributed by atoms with Crippen LogP contribution in [0.25, 0.3) is 6.08 Å². The molecule has 14 heavy (non-hydrogen) atoms. The number of benzene rings is 1. The molecule has 1 aromatic rings. The highest BCUT2D eigenvalue weighted by Crippen LogP contribution is 2.09. The van der Waals surface area contributed by atoms with Gasteiger partial charge in [0.1, 0.15) is 18.2 Å². The minimum atomic E-state index is -0.638. The van der Waals surface area contributed by atoms with Gasteiger partial charge >= 0.3 is 0 Å². The summed E-state index contributed by atoms with van der Waals surface area (Å²) in [4.78, 5) is 9.75. The molecule has 0 saturated carbocycles. The third-order valence-corrected chi connectivity index (χ3v) is 1.46. The summed E-state index contributed by atoms with van der Waals surface area (Å²) in [5.74, 6) is -1.28. The molecule has 0 aliphatic carbocycles. The number of hydrogen-bond acceptors (Lipinski definition) is 2. The molecular formula is C10H8F2O2. The normalized spacial score (nSPS) is 10.4. The molecule has 0 atom stereocenters. The summed E-state index contributed by atoms with van der Waals surface area (Å²) in [5.41, 5.74) is 0.386. The molecule has 0 radical (unpaired) electrons. The number of ether oxygens (including phenoxy) is 1. The lowest BCUT2D eigenvalue weighted by Gasteiger charge is -1.95. The standard InChI is InChI=1S/C10H8F2O2/c11-9-4-8(5-10(12)6-9)2-1-3-14-7-13/h1-2,4-7H,3H2. The Morgan fingerprint density at radius 3 is 2.43 bits per heavy atom. The number of hydrogen-bond donors (Lipinski definition) is 0. The topological polar surface area (TPSA) is 26.3 Å². The maximum absolute atomic E-state index is 12.6. The maximum Gasteiger partial charge on any atom is 0.293 e. The van der Waals surface area contributed by atoms with E-state index in [1.165, 1.54) is 24.3 Å². The largest absolute Gasteiger partial charge is 0.464 e. The molecule has 0 bridgehead atoms. The molecule has 0 aromatic heterocycles. The van der Waals surface area contributed by atoms with Crippen LogP contribution in [0.3, 0.4) is 0 Å². The zero-order valence-corrected chi connectivity index (χ0v) is 7.24. The van der Waals surface area contributed by atoms with Gasteiger partial charge in [-0.05, 0) is 23.8 Å². The summed E-state index contributed by atoms with van der Waals surface area (Å²) >= 11 is 0. The Labute approximate surface area is 79.8 Å². The highest BCUT2D eigenvalue weighted by molar-refractivity contribution is 5.49. The molecule has 0 fully saturated rings. The Bertz CT molecular complexity index is 328. The van der Waals surface area contributed by atoms with Crippen molar-refractivity contribution in [2.75, 3.05) is 6.61 Å². The minimum Gasteiger partial charge on any atom is -0.464 e. The average molecular weight is 198 g/mol. The van der Waals surface area contributed by atoms with Crippen molar-refractivity contribution in [2.45, 2.75) is 0 Å². The van der Waals surface area contributed by atoms with Crippen LogP contribution in [0, 0.1) is 11.6 Å². The fourth-order valence-corrected chi connectivity index (χ4v) is 0.950. The van der Waals surface area contributed by atoms with Gasteiger partial charge in [0, 0.05) is 6.07 Å². The van der Waals surface area contributed by atoms with E-state index in [4.69, 9.17) is 0 Å². The SMILES string of the molecule is O=COCC=Cc1cc(F)cc(F)c1. The van der Waals surface area contributed by atoms with Gasteiger partial charge in [-0.25, -0.2) is 8.78 Å². The van der Waals surface area contributed by atoms with E-state index in [9.17, 15) is 13.6 Å². The van der Waals surface area contributed by atoms with E-state index < -0.39 is 11.6 Å². The zero-order valence-electron chi connectivity index (χ0n) is 7.24. The summed E-state index contributed by atoms with van der Waals surface area (Å²) in [5, 5.41) is 0. The van der Waals surface area contributed by atoms with Crippen LogP contribution >= 0.6 is 0 Å². The van der Waals surface area contributed by atoms with Gasteiger partial charge < -0.3 is 4.74 Å². The van der Waals surface area contributed by atoms with Crippen molar-refractivity contribution in [2.24, 2.45) is 0 Å². The van der Waals surface area contributed by atoms with Crippen molar-refractivity contribution < 1.29 is 18.3 Å². The van der Waals surface area contributed by atoms with Gasteiger partial charge in [0.05, 0.1) is 0 Å².